The molecule has 4 heteroatoms. The van der Waals surface area contributed by atoms with Gasteiger partial charge in [-0.15, -0.1) is 0 Å². The van der Waals surface area contributed by atoms with Gasteiger partial charge < -0.3 is 9.47 Å². The Morgan fingerprint density at radius 3 is 2.74 bits per heavy atom. The van der Waals surface area contributed by atoms with Crippen molar-refractivity contribution >= 4 is 0 Å². The van der Waals surface area contributed by atoms with E-state index in [2.05, 4.69) is 42.5 Å². The molecule has 1 aromatic heterocycles. The van der Waals surface area contributed by atoms with Crippen LogP contribution < -0.4 is 10.5 Å². The second-order valence-electron chi connectivity index (χ2n) is 9.07. The van der Waals surface area contributed by atoms with Gasteiger partial charge in [-0.3, -0.25) is 4.79 Å². The minimum Gasteiger partial charge on any atom is -0.334 e. The van der Waals surface area contributed by atoms with E-state index in [9.17, 15) is 10.1 Å². The maximum Gasteiger partial charge on any atom is 0.250 e. The molecule has 5 rings (SSSR count). The third kappa shape index (κ3) is 4.06. The van der Waals surface area contributed by atoms with E-state index in [1.54, 1.807) is 11.0 Å². The first-order chi connectivity index (χ1) is 15.2. The Labute approximate surface area is 183 Å². The van der Waals surface area contributed by atoms with Crippen molar-refractivity contribution in [1.29, 1.82) is 5.26 Å². The highest BCUT2D eigenvalue weighted by Gasteiger charge is 2.38. The van der Waals surface area contributed by atoms with Crippen LogP contribution in [0.15, 0.2) is 71.5 Å². The zero-order chi connectivity index (χ0) is 21.2. The molecule has 0 spiro atoms. The fourth-order valence-corrected chi connectivity index (χ4v) is 5.63. The summed E-state index contributed by atoms with van der Waals surface area (Å²) >= 11 is 0. The average Bonchev–Trinajstić information content (AvgIpc) is 2.80. The van der Waals surface area contributed by atoms with Crippen LogP contribution in [0.2, 0.25) is 0 Å². The zero-order valence-corrected chi connectivity index (χ0v) is 17.8. The summed E-state index contributed by atoms with van der Waals surface area (Å²) in [6.45, 7) is 4.24. The number of piperidine rings is 1. The molecule has 2 bridgehead atoms. The smallest absolute Gasteiger partial charge is 0.250 e. The molecule has 31 heavy (non-hydrogen) atoms. The van der Waals surface area contributed by atoms with Gasteiger partial charge in [0.1, 0.15) is 0 Å². The Morgan fingerprint density at radius 2 is 1.90 bits per heavy atom. The van der Waals surface area contributed by atoms with Gasteiger partial charge >= 0.3 is 0 Å². The normalized spacial score (nSPS) is 21.8. The lowest BCUT2D eigenvalue weighted by Crippen LogP contribution is -3.14. The maximum absolute atomic E-state index is 12.7. The van der Waals surface area contributed by atoms with Gasteiger partial charge in [0.05, 0.1) is 31.3 Å². The largest absolute Gasteiger partial charge is 0.334 e. The van der Waals surface area contributed by atoms with Crippen molar-refractivity contribution in [2.24, 2.45) is 5.92 Å². The molecule has 1 N–H and O–H groups in total. The number of likely N-dealkylation sites (tertiary alicyclic amines) is 1. The lowest BCUT2D eigenvalue weighted by atomic mass is 9.80. The third-order valence-corrected chi connectivity index (χ3v) is 6.92. The van der Waals surface area contributed by atoms with E-state index in [4.69, 9.17) is 0 Å². The predicted octanol–water partition coefficient (Wildman–Crippen LogP) is 3.02. The highest BCUT2D eigenvalue weighted by atomic mass is 16.1. The van der Waals surface area contributed by atoms with Gasteiger partial charge in [-0.2, -0.15) is 5.26 Å². The van der Waals surface area contributed by atoms with Crippen LogP contribution in [0.1, 0.15) is 35.6 Å². The molecule has 3 heterocycles. The van der Waals surface area contributed by atoms with E-state index in [1.807, 2.05) is 28.8 Å². The van der Waals surface area contributed by atoms with Gasteiger partial charge in [-0.05, 0) is 42.2 Å². The number of pyridine rings is 1. The summed E-state index contributed by atoms with van der Waals surface area (Å²) < 4.78 is 2.02. The summed E-state index contributed by atoms with van der Waals surface area (Å²) in [7, 11) is 0. The monoisotopic (exact) mass is 410 g/mol. The van der Waals surface area contributed by atoms with E-state index in [0.717, 1.165) is 43.6 Å². The first kappa shape index (κ1) is 19.8. The van der Waals surface area contributed by atoms with Crippen molar-refractivity contribution in [3.8, 4) is 17.2 Å². The Kier molecular flexibility index (Phi) is 5.44. The van der Waals surface area contributed by atoms with Gasteiger partial charge in [0.25, 0.3) is 5.56 Å². The lowest BCUT2D eigenvalue weighted by Gasteiger charge is -2.41. The number of hydrogen-bond donors (Lipinski definition) is 1. The van der Waals surface area contributed by atoms with Crippen LogP contribution in [0.5, 0.6) is 0 Å². The van der Waals surface area contributed by atoms with E-state index >= 15 is 0 Å². The molecule has 3 aromatic rings. The number of nitrogens with one attached hydrogen (secondary N) is 1. The fraction of sp³-hybridized carbons (Fsp3) is 0.333. The quantitative estimate of drug-likeness (QED) is 0.703. The van der Waals surface area contributed by atoms with Crippen LogP contribution in [0.3, 0.4) is 0 Å². The second-order valence-corrected chi connectivity index (χ2v) is 9.07. The third-order valence-electron chi connectivity index (χ3n) is 6.92. The SMILES string of the molecule is N#Cc1cccc(-c2ccc(=O)n3c2[C@@H]2C[C@H](C3)C[NH+](CCCc3ccccc3)C2)c1. The predicted molar refractivity (Wildman–Crippen MR) is 122 cm³/mol. The number of aromatic nitrogens is 1. The summed E-state index contributed by atoms with van der Waals surface area (Å²) in [5.74, 6) is 0.963. The van der Waals surface area contributed by atoms with Gasteiger partial charge in [0, 0.05) is 42.1 Å². The number of nitriles is 1. The Balaban J connectivity index is 1.39. The van der Waals surface area contributed by atoms with E-state index in [0.29, 0.717) is 17.4 Å². The van der Waals surface area contributed by atoms with Crippen LogP contribution in [0.25, 0.3) is 11.1 Å². The molecule has 0 amide bonds. The zero-order valence-electron chi connectivity index (χ0n) is 17.8. The first-order valence-electron chi connectivity index (χ1n) is 11.3. The molecule has 0 saturated carbocycles. The minimum absolute atomic E-state index is 0.109. The standard InChI is InChI=1S/C27H27N3O/c28-16-21-8-4-10-23(14-21)25-11-12-26(31)30-18-22-15-24(27(25)30)19-29(17-22)13-5-9-20-6-2-1-3-7-20/h1-4,6-8,10-12,14,22,24H,5,9,13,15,17-19H2/p+1/t22-,24+/m0/s1. The van der Waals surface area contributed by atoms with E-state index in [-0.39, 0.29) is 5.56 Å². The highest BCUT2D eigenvalue weighted by Crippen LogP contribution is 2.36. The molecule has 1 unspecified atom stereocenters. The summed E-state index contributed by atoms with van der Waals surface area (Å²) in [4.78, 5) is 14.4. The van der Waals surface area contributed by atoms with Crippen LogP contribution in [0.4, 0.5) is 0 Å². The molecular formula is C27H28N3O+. The molecule has 2 aliphatic heterocycles. The summed E-state index contributed by atoms with van der Waals surface area (Å²) in [5, 5.41) is 9.32. The van der Waals surface area contributed by atoms with Gasteiger partial charge in [-0.1, -0.05) is 42.5 Å². The number of aryl methyl sites for hydroxylation is 1. The lowest BCUT2D eigenvalue weighted by molar-refractivity contribution is -0.911. The molecule has 3 atom stereocenters. The van der Waals surface area contributed by atoms with Crippen molar-refractivity contribution < 1.29 is 4.90 Å². The topological polar surface area (TPSA) is 50.2 Å². The van der Waals surface area contributed by atoms with Crippen molar-refractivity contribution in [1.82, 2.24) is 4.57 Å². The molecule has 1 saturated heterocycles. The molecular weight excluding hydrogens is 382 g/mol. The summed E-state index contributed by atoms with van der Waals surface area (Å²) in [6, 6.07) is 24.4. The van der Waals surface area contributed by atoms with Crippen LogP contribution >= 0.6 is 0 Å². The van der Waals surface area contributed by atoms with E-state index in [1.165, 1.54) is 24.2 Å². The van der Waals surface area contributed by atoms with Crippen molar-refractivity contribution in [2.45, 2.75) is 31.7 Å². The van der Waals surface area contributed by atoms with Gasteiger partial charge in [0.15, 0.2) is 0 Å². The average molecular weight is 411 g/mol. The van der Waals surface area contributed by atoms with Crippen molar-refractivity contribution in [2.75, 3.05) is 19.6 Å². The number of fused-ring (bicyclic) bond motifs is 4. The molecule has 156 valence electrons. The molecule has 2 aliphatic rings. The van der Waals surface area contributed by atoms with Crippen LogP contribution in [-0.4, -0.2) is 24.2 Å². The summed E-state index contributed by atoms with van der Waals surface area (Å²) in [6.07, 6.45) is 3.48. The highest BCUT2D eigenvalue weighted by molar-refractivity contribution is 5.68. The second kappa shape index (κ2) is 8.53. The number of rotatable bonds is 5. The molecule has 0 aliphatic carbocycles. The van der Waals surface area contributed by atoms with Crippen molar-refractivity contribution in [3.63, 3.8) is 0 Å². The minimum atomic E-state index is 0.109. The molecule has 2 aromatic carbocycles. The molecule has 4 nitrogen and oxygen atoms in total. The van der Waals surface area contributed by atoms with Crippen LogP contribution in [0, 0.1) is 17.2 Å². The fourth-order valence-electron chi connectivity index (χ4n) is 5.63. The number of quaternary nitrogens is 1. The molecule has 0 radical (unpaired) electrons. The summed E-state index contributed by atoms with van der Waals surface area (Å²) in [5.41, 5.74) is 5.52. The van der Waals surface area contributed by atoms with Gasteiger partial charge in [-0.25, -0.2) is 0 Å². The maximum atomic E-state index is 12.7. The Hall–Kier alpha value is -3.16. The van der Waals surface area contributed by atoms with E-state index < -0.39 is 0 Å². The van der Waals surface area contributed by atoms with Gasteiger partial charge in [0.2, 0.25) is 0 Å². The Morgan fingerprint density at radius 1 is 1.03 bits per heavy atom. The number of hydrogen-bond acceptors (Lipinski definition) is 2. The molecule has 1 fully saturated rings. The van der Waals surface area contributed by atoms with Crippen LogP contribution in [-0.2, 0) is 13.0 Å². The first-order valence-corrected chi connectivity index (χ1v) is 11.3. The Bertz CT molecular complexity index is 1180. The number of nitrogens with zero attached hydrogens (tertiary/aromatic N) is 2. The number of benzene rings is 2. The van der Waals surface area contributed by atoms with Crippen molar-refractivity contribution in [3.05, 3.63) is 93.9 Å².